The first kappa shape index (κ1) is 27.4. The molecule has 0 aromatic heterocycles. The molecule has 0 bridgehead atoms. The number of nitrogens with zero attached hydrogens (tertiary/aromatic N) is 3. The van der Waals surface area contributed by atoms with Gasteiger partial charge in [0.1, 0.15) is 5.69 Å². The second-order valence-electron chi connectivity index (χ2n) is 8.92. The first-order chi connectivity index (χ1) is 17.3. The van der Waals surface area contributed by atoms with Crippen molar-refractivity contribution in [2.45, 2.75) is 26.4 Å². The number of rotatable bonds is 7. The molecule has 2 aromatic carbocycles. The molecule has 198 valence electrons. The van der Waals surface area contributed by atoms with Gasteiger partial charge in [0.2, 0.25) is 0 Å². The molecule has 1 aliphatic rings. The molecular weight excluding hydrogens is 501 g/mol. The van der Waals surface area contributed by atoms with Crippen LogP contribution in [0.4, 0.5) is 35.9 Å². The van der Waals surface area contributed by atoms with E-state index in [1.54, 1.807) is 0 Å². The van der Waals surface area contributed by atoms with E-state index in [2.05, 4.69) is 0 Å². The Kier molecular flexibility index (Phi) is 7.99. The summed E-state index contributed by atoms with van der Waals surface area (Å²) in [6, 6.07) is 5.52. The van der Waals surface area contributed by atoms with Gasteiger partial charge in [0.15, 0.2) is 6.61 Å². The monoisotopic (exact) mass is 524 g/mol. The molecule has 0 aliphatic carbocycles. The predicted molar refractivity (Wildman–Crippen MR) is 125 cm³/mol. The molecular formula is C23H23F3N4O7. The van der Waals surface area contributed by atoms with Gasteiger partial charge in [-0.05, 0) is 36.5 Å². The highest BCUT2D eigenvalue weighted by atomic mass is 19.4. The van der Waals surface area contributed by atoms with Gasteiger partial charge in [-0.3, -0.25) is 25.0 Å². The first-order valence-electron chi connectivity index (χ1n) is 11.1. The van der Waals surface area contributed by atoms with Crippen molar-refractivity contribution in [2.24, 2.45) is 11.8 Å². The molecule has 3 rings (SSSR count). The van der Waals surface area contributed by atoms with E-state index in [0.29, 0.717) is 36.7 Å². The summed E-state index contributed by atoms with van der Waals surface area (Å²) in [6.07, 6.45) is -4.02. The number of anilines is 2. The molecule has 11 nitrogen and oxygen atoms in total. The number of halogens is 3. The SMILES string of the molecule is C[C@@H]1C[C@@H](C)CN(c2ccc(C(=O)OCC(=O)Nc3ccc([N+](=O)[O-])cc3C(F)(F)F)cc2[N+](=O)[O-])C1. The van der Waals surface area contributed by atoms with E-state index in [0.717, 1.165) is 18.6 Å². The highest BCUT2D eigenvalue weighted by molar-refractivity contribution is 5.96. The average molecular weight is 524 g/mol. The summed E-state index contributed by atoms with van der Waals surface area (Å²) in [5.74, 6) is -1.60. The largest absolute Gasteiger partial charge is 0.452 e. The Morgan fingerprint density at radius 2 is 1.70 bits per heavy atom. The number of hydrogen-bond acceptors (Lipinski definition) is 8. The molecule has 14 heteroatoms. The second kappa shape index (κ2) is 10.8. The lowest BCUT2D eigenvalue weighted by Gasteiger charge is -2.36. The number of esters is 1. The predicted octanol–water partition coefficient (Wildman–Crippen LogP) is 4.80. The van der Waals surface area contributed by atoms with Crippen LogP contribution in [-0.2, 0) is 15.7 Å². The van der Waals surface area contributed by atoms with Crippen molar-refractivity contribution in [3.8, 4) is 0 Å². The van der Waals surface area contributed by atoms with Gasteiger partial charge in [-0.15, -0.1) is 0 Å². The van der Waals surface area contributed by atoms with Crippen LogP contribution in [0.1, 0.15) is 36.2 Å². The van der Waals surface area contributed by atoms with E-state index in [1.165, 1.54) is 12.1 Å². The molecule has 1 fully saturated rings. The normalized spacial score (nSPS) is 17.7. The summed E-state index contributed by atoms with van der Waals surface area (Å²) >= 11 is 0. The average Bonchev–Trinajstić information content (AvgIpc) is 2.80. The van der Waals surface area contributed by atoms with E-state index in [1.807, 2.05) is 24.1 Å². The van der Waals surface area contributed by atoms with E-state index < -0.39 is 51.4 Å². The Labute approximate surface area is 208 Å². The lowest BCUT2D eigenvalue weighted by molar-refractivity contribution is -0.385. The zero-order valence-corrected chi connectivity index (χ0v) is 19.8. The number of carbonyl (C=O) groups is 2. The number of benzene rings is 2. The van der Waals surface area contributed by atoms with Gasteiger partial charge in [0.25, 0.3) is 17.3 Å². The van der Waals surface area contributed by atoms with Crippen molar-refractivity contribution in [1.82, 2.24) is 0 Å². The van der Waals surface area contributed by atoms with Gasteiger partial charge in [0, 0.05) is 31.3 Å². The number of amides is 1. The molecule has 1 heterocycles. The number of alkyl halides is 3. The maximum absolute atomic E-state index is 13.3. The van der Waals surface area contributed by atoms with E-state index in [9.17, 15) is 43.0 Å². The summed E-state index contributed by atoms with van der Waals surface area (Å²) in [5.41, 5.74) is -3.22. The molecule has 37 heavy (non-hydrogen) atoms. The van der Waals surface area contributed by atoms with Crippen molar-refractivity contribution in [1.29, 1.82) is 0 Å². The third kappa shape index (κ3) is 6.71. The van der Waals surface area contributed by atoms with Crippen LogP contribution in [0, 0.1) is 32.1 Å². The van der Waals surface area contributed by atoms with Crippen LogP contribution in [0.15, 0.2) is 36.4 Å². The van der Waals surface area contributed by atoms with Crippen LogP contribution in [-0.4, -0.2) is 41.4 Å². The van der Waals surface area contributed by atoms with Crippen LogP contribution in [0.5, 0.6) is 0 Å². The number of carbonyl (C=O) groups excluding carboxylic acids is 2. The number of non-ortho nitro benzene ring substituents is 1. The van der Waals surface area contributed by atoms with Gasteiger partial charge >= 0.3 is 12.1 Å². The van der Waals surface area contributed by atoms with Crippen LogP contribution in [0.25, 0.3) is 0 Å². The first-order valence-corrected chi connectivity index (χ1v) is 11.1. The highest BCUT2D eigenvalue weighted by Crippen LogP contribution is 2.37. The number of nitro benzene ring substituents is 2. The van der Waals surface area contributed by atoms with E-state index >= 15 is 0 Å². The Bertz CT molecular complexity index is 1230. The number of nitro groups is 2. The zero-order chi connectivity index (χ0) is 27.5. The topological polar surface area (TPSA) is 145 Å². The third-order valence-electron chi connectivity index (χ3n) is 5.75. The summed E-state index contributed by atoms with van der Waals surface area (Å²) < 4.78 is 44.6. The van der Waals surface area contributed by atoms with E-state index in [-0.39, 0.29) is 17.3 Å². The Morgan fingerprint density at radius 3 is 2.27 bits per heavy atom. The lowest BCUT2D eigenvalue weighted by Crippen LogP contribution is -2.39. The molecule has 1 saturated heterocycles. The Balaban J connectivity index is 1.71. The van der Waals surface area contributed by atoms with Gasteiger partial charge in [-0.25, -0.2) is 4.79 Å². The zero-order valence-electron chi connectivity index (χ0n) is 19.8. The minimum atomic E-state index is -5.00. The molecule has 1 aliphatic heterocycles. The van der Waals surface area contributed by atoms with Crippen LogP contribution < -0.4 is 10.2 Å². The van der Waals surface area contributed by atoms with Crippen LogP contribution >= 0.6 is 0 Å². The smallest absolute Gasteiger partial charge is 0.418 e. The van der Waals surface area contributed by atoms with Crippen molar-refractivity contribution >= 4 is 34.6 Å². The molecule has 1 amide bonds. The van der Waals surface area contributed by atoms with Crippen molar-refractivity contribution < 1.29 is 37.3 Å². The number of piperidine rings is 1. The van der Waals surface area contributed by atoms with Gasteiger partial charge in [0.05, 0.1) is 26.7 Å². The summed E-state index contributed by atoms with van der Waals surface area (Å²) in [6.45, 7) is 4.30. The fraction of sp³-hybridized carbons (Fsp3) is 0.391. The number of nitrogens with one attached hydrogen (secondary N) is 1. The maximum Gasteiger partial charge on any atom is 0.418 e. The summed E-state index contributed by atoms with van der Waals surface area (Å²) in [4.78, 5) is 47.3. The Morgan fingerprint density at radius 1 is 1.05 bits per heavy atom. The second-order valence-corrected chi connectivity index (χ2v) is 8.92. The van der Waals surface area contributed by atoms with Crippen molar-refractivity contribution in [3.05, 3.63) is 67.8 Å². The van der Waals surface area contributed by atoms with Gasteiger partial charge < -0.3 is 15.0 Å². The minimum absolute atomic E-state index is 0.215. The Hall–Kier alpha value is -4.23. The van der Waals surface area contributed by atoms with Gasteiger partial charge in [-0.1, -0.05) is 13.8 Å². The van der Waals surface area contributed by atoms with Crippen molar-refractivity contribution in [2.75, 3.05) is 29.9 Å². The standard InChI is InChI=1S/C23H23F3N4O7/c1-13-7-14(2)11-28(10-13)19-6-3-15(8-20(19)30(35)36)22(32)37-12-21(31)27-18-5-4-16(29(33)34)9-17(18)23(24,25)26/h3-6,8-9,13-14H,7,10-12H2,1-2H3,(H,27,31)/t13-,14-/m1/s1. The lowest BCUT2D eigenvalue weighted by atomic mass is 9.91. The molecule has 0 radical (unpaired) electrons. The summed E-state index contributed by atoms with van der Waals surface area (Å²) in [7, 11) is 0. The van der Waals surface area contributed by atoms with Gasteiger partial charge in [-0.2, -0.15) is 13.2 Å². The molecule has 0 spiro atoms. The molecule has 1 N–H and O–H groups in total. The molecule has 0 unspecified atom stereocenters. The van der Waals surface area contributed by atoms with Crippen molar-refractivity contribution in [3.63, 3.8) is 0 Å². The fourth-order valence-corrected chi connectivity index (χ4v) is 4.31. The van der Waals surface area contributed by atoms with Crippen LogP contribution in [0.3, 0.4) is 0 Å². The van der Waals surface area contributed by atoms with Crippen LogP contribution in [0.2, 0.25) is 0 Å². The number of hydrogen-bond donors (Lipinski definition) is 1. The fourth-order valence-electron chi connectivity index (χ4n) is 4.31. The third-order valence-corrected chi connectivity index (χ3v) is 5.75. The number of ether oxygens (including phenoxy) is 1. The quantitative estimate of drug-likeness (QED) is 0.309. The highest BCUT2D eigenvalue weighted by Gasteiger charge is 2.36. The molecule has 2 aromatic rings. The molecule has 2 atom stereocenters. The maximum atomic E-state index is 13.3. The summed E-state index contributed by atoms with van der Waals surface area (Å²) in [5, 5.41) is 24.4. The molecule has 0 saturated carbocycles. The minimum Gasteiger partial charge on any atom is -0.452 e. The van der Waals surface area contributed by atoms with E-state index in [4.69, 9.17) is 4.74 Å².